The van der Waals surface area contributed by atoms with Gasteiger partial charge in [-0.15, -0.1) is 0 Å². The SMILES string of the molecule is COc1ccc(CN2CCc3nc(-c4cncnc4)ncc3C2)c(C)c1C. The summed E-state index contributed by atoms with van der Waals surface area (Å²) in [7, 11) is 1.72. The molecule has 0 unspecified atom stereocenters. The normalized spacial score (nSPS) is 14.0. The van der Waals surface area contributed by atoms with Gasteiger partial charge in [0.05, 0.1) is 18.4 Å². The van der Waals surface area contributed by atoms with Gasteiger partial charge in [-0.3, -0.25) is 4.90 Å². The molecule has 3 aromatic rings. The van der Waals surface area contributed by atoms with Crippen LogP contribution in [0.15, 0.2) is 37.1 Å². The second-order valence-corrected chi connectivity index (χ2v) is 6.93. The van der Waals surface area contributed by atoms with Crippen LogP contribution in [0.5, 0.6) is 5.75 Å². The van der Waals surface area contributed by atoms with Crippen LogP contribution in [0.3, 0.4) is 0 Å². The van der Waals surface area contributed by atoms with Gasteiger partial charge in [0.15, 0.2) is 5.82 Å². The number of methoxy groups -OCH3 is 1. The molecule has 1 aliphatic heterocycles. The molecule has 0 N–H and O–H groups in total. The fraction of sp³-hybridized carbons (Fsp3) is 0.333. The Kier molecular flexibility index (Phi) is 4.81. The summed E-state index contributed by atoms with van der Waals surface area (Å²) in [6, 6.07) is 4.23. The molecule has 0 saturated heterocycles. The van der Waals surface area contributed by atoms with Crippen molar-refractivity contribution < 1.29 is 4.74 Å². The van der Waals surface area contributed by atoms with Gasteiger partial charge in [0.25, 0.3) is 0 Å². The highest BCUT2D eigenvalue weighted by atomic mass is 16.5. The molecule has 0 fully saturated rings. The molecule has 0 spiro atoms. The third-order valence-electron chi connectivity index (χ3n) is 5.30. The van der Waals surface area contributed by atoms with E-state index in [1.807, 2.05) is 6.20 Å². The lowest BCUT2D eigenvalue weighted by Crippen LogP contribution is -2.31. The zero-order valence-electron chi connectivity index (χ0n) is 15.9. The molecule has 0 radical (unpaired) electrons. The summed E-state index contributed by atoms with van der Waals surface area (Å²) < 4.78 is 5.43. The number of ether oxygens (including phenoxy) is 1. The Morgan fingerprint density at radius 3 is 2.67 bits per heavy atom. The maximum Gasteiger partial charge on any atom is 0.162 e. The van der Waals surface area contributed by atoms with Gasteiger partial charge in [0, 0.05) is 50.2 Å². The average molecular weight is 361 g/mol. The molecule has 3 heterocycles. The van der Waals surface area contributed by atoms with Crippen LogP contribution in [0.1, 0.15) is 27.9 Å². The van der Waals surface area contributed by atoms with Crippen LogP contribution in [0, 0.1) is 13.8 Å². The van der Waals surface area contributed by atoms with Crippen LogP contribution >= 0.6 is 0 Å². The van der Waals surface area contributed by atoms with Crippen LogP contribution in [-0.4, -0.2) is 38.5 Å². The number of hydrogen-bond acceptors (Lipinski definition) is 6. The highest BCUT2D eigenvalue weighted by Gasteiger charge is 2.20. The minimum absolute atomic E-state index is 0.699. The van der Waals surface area contributed by atoms with Gasteiger partial charge in [-0.25, -0.2) is 19.9 Å². The number of fused-ring (bicyclic) bond motifs is 1. The smallest absolute Gasteiger partial charge is 0.162 e. The third kappa shape index (κ3) is 3.53. The fourth-order valence-corrected chi connectivity index (χ4v) is 3.55. The molecule has 2 aromatic heterocycles. The molecular weight excluding hydrogens is 338 g/mol. The molecule has 6 heteroatoms. The van der Waals surface area contributed by atoms with Crippen molar-refractivity contribution in [3.05, 3.63) is 65.0 Å². The first-order valence-corrected chi connectivity index (χ1v) is 9.11. The van der Waals surface area contributed by atoms with Crippen LogP contribution in [0.25, 0.3) is 11.4 Å². The van der Waals surface area contributed by atoms with Crippen molar-refractivity contribution in [3.8, 4) is 17.1 Å². The summed E-state index contributed by atoms with van der Waals surface area (Å²) >= 11 is 0. The number of aromatic nitrogens is 4. The Balaban J connectivity index is 1.52. The molecule has 27 heavy (non-hydrogen) atoms. The van der Waals surface area contributed by atoms with E-state index in [0.717, 1.165) is 43.1 Å². The predicted molar refractivity (Wildman–Crippen MR) is 103 cm³/mol. The minimum Gasteiger partial charge on any atom is -0.496 e. The van der Waals surface area contributed by atoms with Gasteiger partial charge in [-0.05, 0) is 36.6 Å². The number of rotatable bonds is 4. The van der Waals surface area contributed by atoms with Crippen LogP contribution in [-0.2, 0) is 19.5 Å². The van der Waals surface area contributed by atoms with Crippen molar-refractivity contribution in [2.45, 2.75) is 33.4 Å². The lowest BCUT2D eigenvalue weighted by molar-refractivity contribution is 0.242. The summed E-state index contributed by atoms with van der Waals surface area (Å²) in [6.45, 7) is 7.06. The first-order valence-electron chi connectivity index (χ1n) is 9.11. The maximum absolute atomic E-state index is 5.43. The molecule has 0 amide bonds. The Bertz CT molecular complexity index is 958. The van der Waals surface area contributed by atoms with Crippen molar-refractivity contribution in [3.63, 3.8) is 0 Å². The van der Waals surface area contributed by atoms with Gasteiger partial charge in [-0.2, -0.15) is 0 Å². The molecule has 4 rings (SSSR count). The largest absolute Gasteiger partial charge is 0.496 e. The molecule has 0 aliphatic carbocycles. The number of benzene rings is 1. The van der Waals surface area contributed by atoms with Crippen molar-refractivity contribution in [1.82, 2.24) is 24.8 Å². The molecule has 6 nitrogen and oxygen atoms in total. The second-order valence-electron chi connectivity index (χ2n) is 6.93. The lowest BCUT2D eigenvalue weighted by Gasteiger charge is -2.29. The highest BCUT2D eigenvalue weighted by molar-refractivity contribution is 5.52. The molecule has 138 valence electrons. The van der Waals surface area contributed by atoms with Gasteiger partial charge in [-0.1, -0.05) is 6.07 Å². The number of nitrogens with zero attached hydrogens (tertiary/aromatic N) is 5. The summed E-state index contributed by atoms with van der Waals surface area (Å²) in [5.41, 5.74) is 7.04. The molecule has 0 atom stereocenters. The van der Waals surface area contributed by atoms with Crippen LogP contribution < -0.4 is 4.74 Å². The lowest BCUT2D eigenvalue weighted by atomic mass is 10.0. The topological polar surface area (TPSA) is 64.0 Å². The van der Waals surface area contributed by atoms with Gasteiger partial charge >= 0.3 is 0 Å². The van der Waals surface area contributed by atoms with E-state index in [0.29, 0.717) is 5.82 Å². The van der Waals surface area contributed by atoms with E-state index in [9.17, 15) is 0 Å². The van der Waals surface area contributed by atoms with E-state index < -0.39 is 0 Å². The molecule has 1 aromatic carbocycles. The van der Waals surface area contributed by atoms with Crippen molar-refractivity contribution in [1.29, 1.82) is 0 Å². The predicted octanol–water partition coefficient (Wildman–Crippen LogP) is 3.12. The second kappa shape index (κ2) is 7.40. The van der Waals surface area contributed by atoms with Gasteiger partial charge < -0.3 is 4.74 Å². The molecule has 1 aliphatic rings. The van der Waals surface area contributed by atoms with Gasteiger partial charge in [0.1, 0.15) is 12.1 Å². The Hall–Kier alpha value is -2.86. The Morgan fingerprint density at radius 1 is 1.07 bits per heavy atom. The van der Waals surface area contributed by atoms with Crippen molar-refractivity contribution in [2.75, 3.05) is 13.7 Å². The van der Waals surface area contributed by atoms with Crippen LogP contribution in [0.2, 0.25) is 0 Å². The quantitative estimate of drug-likeness (QED) is 0.711. The zero-order chi connectivity index (χ0) is 18.8. The van der Waals surface area contributed by atoms with E-state index in [2.05, 4.69) is 45.8 Å². The van der Waals surface area contributed by atoms with Crippen molar-refractivity contribution in [2.24, 2.45) is 0 Å². The zero-order valence-corrected chi connectivity index (χ0v) is 15.9. The van der Waals surface area contributed by atoms with E-state index in [-0.39, 0.29) is 0 Å². The fourth-order valence-electron chi connectivity index (χ4n) is 3.55. The molecule has 0 saturated carbocycles. The average Bonchev–Trinajstić information content (AvgIpc) is 2.72. The maximum atomic E-state index is 5.43. The summed E-state index contributed by atoms with van der Waals surface area (Å²) in [5.74, 6) is 1.65. The Labute approximate surface area is 159 Å². The molecule has 0 bridgehead atoms. The first-order chi connectivity index (χ1) is 13.2. The summed E-state index contributed by atoms with van der Waals surface area (Å²) in [6.07, 6.45) is 7.88. The summed E-state index contributed by atoms with van der Waals surface area (Å²) in [5, 5.41) is 0. The summed E-state index contributed by atoms with van der Waals surface area (Å²) in [4.78, 5) is 19.8. The van der Waals surface area contributed by atoms with Gasteiger partial charge in [0.2, 0.25) is 0 Å². The monoisotopic (exact) mass is 361 g/mol. The van der Waals surface area contributed by atoms with Crippen LogP contribution in [0.4, 0.5) is 0 Å². The standard InChI is InChI=1S/C21H23N5O/c1-14-15(2)20(27-3)5-4-16(14)11-26-7-6-19-18(12-26)10-24-21(25-19)17-8-22-13-23-9-17/h4-5,8-10,13H,6-7,11-12H2,1-3H3. The van der Waals surface area contributed by atoms with E-state index in [1.54, 1.807) is 19.5 Å². The number of hydrogen-bond donors (Lipinski definition) is 0. The Morgan fingerprint density at radius 2 is 1.89 bits per heavy atom. The van der Waals surface area contributed by atoms with Crippen molar-refractivity contribution >= 4 is 0 Å². The minimum atomic E-state index is 0.699. The third-order valence-corrected chi connectivity index (χ3v) is 5.30. The molecular formula is C21H23N5O. The van der Waals surface area contributed by atoms with E-state index in [4.69, 9.17) is 9.72 Å². The first kappa shape index (κ1) is 17.5. The highest BCUT2D eigenvalue weighted by Crippen LogP contribution is 2.27. The van der Waals surface area contributed by atoms with E-state index >= 15 is 0 Å². The van der Waals surface area contributed by atoms with E-state index in [1.165, 1.54) is 28.6 Å².